The summed E-state index contributed by atoms with van der Waals surface area (Å²) in [6.45, 7) is 8.76. The van der Waals surface area contributed by atoms with Gasteiger partial charge in [0.15, 0.2) is 5.96 Å². The van der Waals surface area contributed by atoms with Crippen molar-refractivity contribution in [3.8, 4) is 0 Å². The highest BCUT2D eigenvalue weighted by molar-refractivity contribution is 5.79. The molecule has 5 nitrogen and oxygen atoms in total. The van der Waals surface area contributed by atoms with Gasteiger partial charge in [0, 0.05) is 25.6 Å². The van der Waals surface area contributed by atoms with Crippen molar-refractivity contribution in [3.05, 3.63) is 0 Å². The summed E-state index contributed by atoms with van der Waals surface area (Å²) in [5.41, 5.74) is 5.95. The summed E-state index contributed by atoms with van der Waals surface area (Å²) in [5, 5.41) is 2.93. The van der Waals surface area contributed by atoms with Gasteiger partial charge in [0.25, 0.3) is 0 Å². The number of carbonyl (C=O) groups excluding carboxylic acids is 1. The highest BCUT2D eigenvalue weighted by Gasteiger charge is 2.16. The second kappa shape index (κ2) is 8.02. The van der Waals surface area contributed by atoms with Crippen LogP contribution in [0.4, 0.5) is 0 Å². The molecule has 5 heteroatoms. The van der Waals surface area contributed by atoms with Crippen LogP contribution in [-0.4, -0.2) is 42.4 Å². The van der Waals surface area contributed by atoms with Crippen LogP contribution in [0.25, 0.3) is 0 Å². The number of nitrogens with zero attached hydrogens (tertiary/aromatic N) is 2. The van der Waals surface area contributed by atoms with Gasteiger partial charge in [-0.05, 0) is 32.1 Å². The summed E-state index contributed by atoms with van der Waals surface area (Å²) in [7, 11) is 0. The largest absolute Gasteiger partial charge is 0.370 e. The van der Waals surface area contributed by atoms with Gasteiger partial charge in [0.1, 0.15) is 0 Å². The zero-order valence-electron chi connectivity index (χ0n) is 12.5. The summed E-state index contributed by atoms with van der Waals surface area (Å²) in [5.74, 6) is 1.42. The Morgan fingerprint density at radius 2 is 2.11 bits per heavy atom. The van der Waals surface area contributed by atoms with Crippen LogP contribution in [0.5, 0.6) is 0 Å². The van der Waals surface area contributed by atoms with Crippen LogP contribution in [0.2, 0.25) is 0 Å². The number of nitrogens with two attached hydrogens (primary N) is 1. The Labute approximate surface area is 116 Å². The molecule has 0 aromatic heterocycles. The molecule has 1 rings (SSSR count). The third-order valence-electron chi connectivity index (χ3n) is 3.74. The fraction of sp³-hybridized carbons (Fsp3) is 0.857. The van der Waals surface area contributed by atoms with E-state index < -0.39 is 0 Å². The van der Waals surface area contributed by atoms with Gasteiger partial charge < -0.3 is 16.0 Å². The van der Waals surface area contributed by atoms with Crippen LogP contribution in [0, 0.1) is 5.92 Å². The highest BCUT2D eigenvalue weighted by atomic mass is 16.1. The van der Waals surface area contributed by atoms with Crippen molar-refractivity contribution in [1.82, 2.24) is 10.2 Å². The van der Waals surface area contributed by atoms with Crippen molar-refractivity contribution < 1.29 is 4.79 Å². The topological polar surface area (TPSA) is 70.7 Å². The van der Waals surface area contributed by atoms with Gasteiger partial charge >= 0.3 is 0 Å². The van der Waals surface area contributed by atoms with Crippen molar-refractivity contribution in [1.29, 1.82) is 0 Å². The summed E-state index contributed by atoms with van der Waals surface area (Å²) in [6, 6.07) is 0.234. The fourth-order valence-electron chi connectivity index (χ4n) is 2.06. The van der Waals surface area contributed by atoms with Crippen molar-refractivity contribution >= 4 is 11.9 Å². The number of hydrogen-bond acceptors (Lipinski definition) is 2. The van der Waals surface area contributed by atoms with E-state index in [1.165, 1.54) is 12.8 Å². The van der Waals surface area contributed by atoms with E-state index in [0.29, 0.717) is 18.9 Å². The summed E-state index contributed by atoms with van der Waals surface area (Å²) in [6.07, 6.45) is 3.70. The third-order valence-corrected chi connectivity index (χ3v) is 3.74. The first-order chi connectivity index (χ1) is 9.02. The average molecular weight is 268 g/mol. The lowest BCUT2D eigenvalue weighted by Crippen LogP contribution is -2.42. The average Bonchev–Trinajstić information content (AvgIpc) is 2.39. The second-order valence-electron chi connectivity index (χ2n) is 5.54. The van der Waals surface area contributed by atoms with Crippen LogP contribution >= 0.6 is 0 Å². The van der Waals surface area contributed by atoms with Crippen molar-refractivity contribution in [3.63, 3.8) is 0 Å². The second-order valence-corrected chi connectivity index (χ2v) is 5.54. The van der Waals surface area contributed by atoms with E-state index in [4.69, 9.17) is 5.73 Å². The Morgan fingerprint density at radius 3 is 2.68 bits per heavy atom. The number of likely N-dealkylation sites (tertiary alicyclic amines) is 1. The van der Waals surface area contributed by atoms with Crippen molar-refractivity contribution in [2.45, 2.75) is 52.5 Å². The lowest BCUT2D eigenvalue weighted by Gasteiger charge is -2.31. The van der Waals surface area contributed by atoms with E-state index >= 15 is 0 Å². The number of aliphatic imine (C=N–C) groups is 1. The first-order valence-corrected chi connectivity index (χ1v) is 7.37. The SMILES string of the molecule is CCC(C)NC(=O)CCN=C(N)N1CCC(C)CC1. The molecule has 1 aliphatic rings. The van der Waals surface area contributed by atoms with Gasteiger partial charge in [-0.2, -0.15) is 0 Å². The van der Waals surface area contributed by atoms with Crippen LogP contribution < -0.4 is 11.1 Å². The minimum atomic E-state index is 0.0539. The maximum atomic E-state index is 11.6. The lowest BCUT2D eigenvalue weighted by atomic mass is 10.00. The molecule has 0 spiro atoms. The molecule has 1 heterocycles. The molecule has 1 aliphatic heterocycles. The Bertz CT molecular complexity index is 309. The zero-order valence-corrected chi connectivity index (χ0v) is 12.5. The molecular weight excluding hydrogens is 240 g/mol. The van der Waals surface area contributed by atoms with E-state index in [-0.39, 0.29) is 11.9 Å². The number of carbonyl (C=O) groups is 1. The van der Waals surface area contributed by atoms with Crippen LogP contribution in [0.3, 0.4) is 0 Å². The van der Waals surface area contributed by atoms with E-state index in [9.17, 15) is 4.79 Å². The van der Waals surface area contributed by atoms with Gasteiger partial charge in [0.2, 0.25) is 5.91 Å². The monoisotopic (exact) mass is 268 g/mol. The molecule has 1 amide bonds. The van der Waals surface area contributed by atoms with Gasteiger partial charge in [-0.1, -0.05) is 13.8 Å². The molecule has 1 fully saturated rings. The van der Waals surface area contributed by atoms with E-state index in [2.05, 4.69) is 29.1 Å². The van der Waals surface area contributed by atoms with Gasteiger partial charge in [-0.15, -0.1) is 0 Å². The Morgan fingerprint density at radius 1 is 1.47 bits per heavy atom. The Hall–Kier alpha value is -1.26. The Kier molecular flexibility index (Phi) is 6.67. The number of hydrogen-bond donors (Lipinski definition) is 2. The molecule has 0 aromatic carbocycles. The summed E-state index contributed by atoms with van der Waals surface area (Å²) < 4.78 is 0. The number of piperidine rings is 1. The maximum Gasteiger partial charge on any atom is 0.222 e. The molecule has 0 aliphatic carbocycles. The number of amides is 1. The van der Waals surface area contributed by atoms with Gasteiger partial charge in [-0.3, -0.25) is 9.79 Å². The van der Waals surface area contributed by atoms with Crippen molar-refractivity contribution in [2.75, 3.05) is 19.6 Å². The predicted octanol–water partition coefficient (Wildman–Crippen LogP) is 1.34. The van der Waals surface area contributed by atoms with Crippen LogP contribution in [-0.2, 0) is 4.79 Å². The lowest BCUT2D eigenvalue weighted by molar-refractivity contribution is -0.121. The normalized spacial score (nSPS) is 19.3. The molecule has 1 saturated heterocycles. The zero-order chi connectivity index (χ0) is 14.3. The molecule has 1 unspecified atom stereocenters. The molecule has 3 N–H and O–H groups in total. The first-order valence-electron chi connectivity index (χ1n) is 7.37. The molecular formula is C14H28N4O. The smallest absolute Gasteiger partial charge is 0.222 e. The number of rotatable bonds is 5. The minimum Gasteiger partial charge on any atom is -0.370 e. The summed E-state index contributed by atoms with van der Waals surface area (Å²) >= 11 is 0. The highest BCUT2D eigenvalue weighted by Crippen LogP contribution is 2.15. The van der Waals surface area contributed by atoms with Crippen LogP contribution in [0.1, 0.15) is 46.5 Å². The van der Waals surface area contributed by atoms with E-state index in [0.717, 1.165) is 25.4 Å². The fourth-order valence-corrected chi connectivity index (χ4v) is 2.06. The van der Waals surface area contributed by atoms with E-state index in [1.807, 2.05) is 6.92 Å². The number of guanidine groups is 1. The van der Waals surface area contributed by atoms with Gasteiger partial charge in [-0.25, -0.2) is 0 Å². The Balaban J connectivity index is 2.26. The van der Waals surface area contributed by atoms with Crippen molar-refractivity contribution in [2.24, 2.45) is 16.6 Å². The first kappa shape index (κ1) is 15.8. The molecule has 110 valence electrons. The minimum absolute atomic E-state index is 0.0539. The summed E-state index contributed by atoms with van der Waals surface area (Å²) in [4.78, 5) is 18.0. The molecule has 1 atom stereocenters. The van der Waals surface area contributed by atoms with E-state index in [1.54, 1.807) is 0 Å². The molecule has 0 radical (unpaired) electrons. The van der Waals surface area contributed by atoms with Crippen LogP contribution in [0.15, 0.2) is 4.99 Å². The molecule has 0 aromatic rings. The predicted molar refractivity (Wildman–Crippen MR) is 79.0 cm³/mol. The molecule has 0 saturated carbocycles. The molecule has 19 heavy (non-hydrogen) atoms. The third kappa shape index (κ3) is 5.94. The van der Waals surface area contributed by atoms with Gasteiger partial charge in [0.05, 0.1) is 6.54 Å². The molecule has 0 bridgehead atoms. The maximum absolute atomic E-state index is 11.6. The quantitative estimate of drug-likeness (QED) is 0.584. The number of nitrogens with one attached hydrogen (secondary N) is 1. The standard InChI is InChI=1S/C14H28N4O/c1-4-12(3)17-13(19)5-8-16-14(15)18-9-6-11(2)7-10-18/h11-12H,4-10H2,1-3H3,(H2,15,16)(H,17,19).